The van der Waals surface area contributed by atoms with Gasteiger partial charge in [-0.25, -0.2) is 0 Å². The number of thiocarbonyl (C=S) groups is 1. The summed E-state index contributed by atoms with van der Waals surface area (Å²) in [6.07, 6.45) is 2.02. The molecule has 15 heavy (non-hydrogen) atoms. The Morgan fingerprint density at radius 3 is 2.40 bits per heavy atom. The molecule has 0 rings (SSSR count). The van der Waals surface area contributed by atoms with Gasteiger partial charge in [0.05, 0.1) is 10.9 Å². The van der Waals surface area contributed by atoms with Gasteiger partial charge in [-0.05, 0) is 12.2 Å². The van der Waals surface area contributed by atoms with Gasteiger partial charge in [-0.3, -0.25) is 4.79 Å². The monoisotopic (exact) mass is 248 g/mol. The van der Waals surface area contributed by atoms with Gasteiger partial charge in [0.25, 0.3) is 0 Å². The summed E-state index contributed by atoms with van der Waals surface area (Å²) in [6.45, 7) is 4.67. The predicted molar refractivity (Wildman–Crippen MR) is 71.1 cm³/mol. The number of hydrogen-bond acceptors (Lipinski definition) is 3. The maximum atomic E-state index is 12.0. The Hall–Kier alpha value is -0.290. The minimum atomic E-state index is -0.327. The first-order valence-corrected chi connectivity index (χ1v) is 6.75. The molecule has 0 fully saturated rings. The van der Waals surface area contributed by atoms with Gasteiger partial charge in [-0.1, -0.05) is 26.1 Å². The summed E-state index contributed by atoms with van der Waals surface area (Å²) in [7, 11) is 1.80. The van der Waals surface area contributed by atoms with Crippen molar-refractivity contribution in [2.75, 3.05) is 25.6 Å². The second kappa shape index (κ2) is 7.06. The third-order valence-corrected chi connectivity index (χ3v) is 3.09. The second-order valence-electron chi connectivity index (χ2n) is 3.88. The van der Waals surface area contributed by atoms with Crippen LogP contribution in [-0.4, -0.2) is 41.4 Å². The molecule has 0 saturated heterocycles. The summed E-state index contributed by atoms with van der Waals surface area (Å²) in [4.78, 5) is 14.0. The summed E-state index contributed by atoms with van der Waals surface area (Å²) >= 11 is 6.64. The highest BCUT2D eigenvalue weighted by Crippen LogP contribution is 2.14. The molecular weight excluding hydrogens is 228 g/mol. The van der Waals surface area contributed by atoms with E-state index in [1.165, 1.54) is 0 Å². The Labute approximate surface area is 102 Å². The first-order valence-electron chi connectivity index (χ1n) is 4.95. The molecule has 0 aliphatic rings. The molecule has 0 saturated carbocycles. The van der Waals surface area contributed by atoms with Crippen molar-refractivity contribution in [1.29, 1.82) is 0 Å². The average molecular weight is 248 g/mol. The number of carbonyl (C=O) groups excluding carboxylic acids is 1. The van der Waals surface area contributed by atoms with E-state index in [2.05, 4.69) is 0 Å². The number of nitrogens with two attached hydrogens (primary N) is 1. The van der Waals surface area contributed by atoms with Crippen molar-refractivity contribution in [2.24, 2.45) is 17.6 Å². The van der Waals surface area contributed by atoms with Crippen molar-refractivity contribution in [3.63, 3.8) is 0 Å². The lowest BCUT2D eigenvalue weighted by molar-refractivity contribution is -0.132. The highest BCUT2D eigenvalue weighted by molar-refractivity contribution is 7.98. The lowest BCUT2D eigenvalue weighted by atomic mass is 9.94. The molecule has 3 nitrogen and oxygen atoms in total. The average Bonchev–Trinajstić information content (AvgIpc) is 2.12. The molecule has 0 heterocycles. The van der Waals surface area contributed by atoms with Gasteiger partial charge in [0.1, 0.15) is 0 Å². The van der Waals surface area contributed by atoms with Crippen LogP contribution in [0.5, 0.6) is 0 Å². The number of thioether (sulfide) groups is 1. The van der Waals surface area contributed by atoms with Gasteiger partial charge in [-0.15, -0.1) is 0 Å². The van der Waals surface area contributed by atoms with E-state index >= 15 is 0 Å². The first-order chi connectivity index (χ1) is 6.91. The fourth-order valence-electron chi connectivity index (χ4n) is 1.31. The fraction of sp³-hybridized carbons (Fsp3) is 0.800. The normalized spacial score (nSPS) is 12.6. The van der Waals surface area contributed by atoms with Gasteiger partial charge < -0.3 is 10.6 Å². The van der Waals surface area contributed by atoms with Crippen LogP contribution in [0.25, 0.3) is 0 Å². The first kappa shape index (κ1) is 14.7. The van der Waals surface area contributed by atoms with E-state index in [0.717, 1.165) is 12.3 Å². The zero-order valence-electron chi connectivity index (χ0n) is 9.82. The lowest BCUT2D eigenvalue weighted by Gasteiger charge is -2.25. The third kappa shape index (κ3) is 4.84. The second-order valence-corrected chi connectivity index (χ2v) is 5.33. The van der Waals surface area contributed by atoms with E-state index < -0.39 is 0 Å². The van der Waals surface area contributed by atoms with Crippen LogP contribution in [0.1, 0.15) is 13.8 Å². The zero-order valence-corrected chi connectivity index (χ0v) is 11.5. The van der Waals surface area contributed by atoms with Crippen LogP contribution in [0.3, 0.4) is 0 Å². The molecule has 0 radical (unpaired) electrons. The van der Waals surface area contributed by atoms with Crippen LogP contribution in [0.15, 0.2) is 0 Å². The molecule has 88 valence electrons. The highest BCUT2D eigenvalue weighted by Gasteiger charge is 2.27. The predicted octanol–water partition coefficient (Wildman–Crippen LogP) is 1.37. The molecule has 0 aliphatic heterocycles. The third-order valence-electron chi connectivity index (χ3n) is 2.25. The Balaban J connectivity index is 4.43. The summed E-state index contributed by atoms with van der Waals surface area (Å²) in [5.41, 5.74) is 5.58. The van der Waals surface area contributed by atoms with E-state index in [-0.39, 0.29) is 17.7 Å². The van der Waals surface area contributed by atoms with Crippen molar-refractivity contribution < 1.29 is 4.79 Å². The number of carbonyl (C=O) groups is 1. The fourth-order valence-corrected chi connectivity index (χ4v) is 2.14. The Morgan fingerprint density at radius 1 is 1.53 bits per heavy atom. The molecular formula is C10H20N2OS2. The van der Waals surface area contributed by atoms with E-state index in [9.17, 15) is 4.79 Å². The number of rotatable bonds is 6. The zero-order chi connectivity index (χ0) is 12.0. The van der Waals surface area contributed by atoms with E-state index in [1.54, 1.807) is 23.7 Å². The maximum absolute atomic E-state index is 12.0. The molecule has 5 heteroatoms. The van der Waals surface area contributed by atoms with Gasteiger partial charge in [0, 0.05) is 19.3 Å². The van der Waals surface area contributed by atoms with Gasteiger partial charge in [-0.2, -0.15) is 11.8 Å². The molecule has 0 spiro atoms. The number of hydrogen-bond donors (Lipinski definition) is 1. The van der Waals surface area contributed by atoms with Gasteiger partial charge in [0.15, 0.2) is 0 Å². The van der Waals surface area contributed by atoms with E-state index in [1.807, 2.05) is 20.1 Å². The SMILES string of the molecule is CSCCN(C)C(=O)C(C(N)=S)C(C)C. The van der Waals surface area contributed by atoms with Crippen molar-refractivity contribution >= 4 is 34.9 Å². The van der Waals surface area contributed by atoms with Crippen LogP contribution in [0.2, 0.25) is 0 Å². The molecule has 1 unspecified atom stereocenters. The van der Waals surface area contributed by atoms with Crippen LogP contribution >= 0.6 is 24.0 Å². The van der Waals surface area contributed by atoms with Crippen LogP contribution in [-0.2, 0) is 4.79 Å². The molecule has 1 amide bonds. The summed E-state index contributed by atoms with van der Waals surface area (Å²) in [5, 5.41) is 0. The van der Waals surface area contributed by atoms with Crippen LogP contribution in [0, 0.1) is 11.8 Å². The van der Waals surface area contributed by atoms with Crippen molar-refractivity contribution in [1.82, 2.24) is 4.90 Å². The van der Waals surface area contributed by atoms with E-state index in [4.69, 9.17) is 18.0 Å². The Morgan fingerprint density at radius 2 is 2.07 bits per heavy atom. The molecule has 0 aromatic rings. The minimum Gasteiger partial charge on any atom is -0.393 e. The molecule has 2 N–H and O–H groups in total. The maximum Gasteiger partial charge on any atom is 0.232 e. The van der Waals surface area contributed by atoms with Gasteiger partial charge >= 0.3 is 0 Å². The largest absolute Gasteiger partial charge is 0.393 e. The highest BCUT2D eigenvalue weighted by atomic mass is 32.2. The molecule has 0 aromatic heterocycles. The van der Waals surface area contributed by atoms with Gasteiger partial charge in [0.2, 0.25) is 5.91 Å². The molecule has 0 aliphatic carbocycles. The topological polar surface area (TPSA) is 46.3 Å². The Bertz CT molecular complexity index is 231. The number of nitrogens with zero attached hydrogens (tertiary/aromatic N) is 1. The molecule has 0 aromatic carbocycles. The minimum absolute atomic E-state index is 0.0338. The smallest absolute Gasteiger partial charge is 0.232 e. The Kier molecular flexibility index (Phi) is 6.92. The molecule has 0 bridgehead atoms. The summed E-state index contributed by atoms with van der Waals surface area (Å²) in [6, 6.07) is 0. The summed E-state index contributed by atoms with van der Waals surface area (Å²) < 4.78 is 0. The van der Waals surface area contributed by atoms with Crippen LogP contribution < -0.4 is 5.73 Å². The number of amides is 1. The van der Waals surface area contributed by atoms with Crippen molar-refractivity contribution in [3.05, 3.63) is 0 Å². The quantitative estimate of drug-likeness (QED) is 0.721. The standard InChI is InChI=1S/C10H20N2OS2/c1-7(2)8(9(11)14)10(13)12(3)5-6-15-4/h7-8H,5-6H2,1-4H3,(H2,11,14). The van der Waals surface area contributed by atoms with Crippen LogP contribution in [0.4, 0.5) is 0 Å². The summed E-state index contributed by atoms with van der Waals surface area (Å²) in [5.74, 6) is 0.801. The van der Waals surface area contributed by atoms with E-state index in [0.29, 0.717) is 4.99 Å². The van der Waals surface area contributed by atoms with Crippen molar-refractivity contribution in [3.8, 4) is 0 Å². The molecule has 1 atom stereocenters. The lowest BCUT2D eigenvalue weighted by Crippen LogP contribution is -2.42. The van der Waals surface area contributed by atoms with Crippen molar-refractivity contribution in [2.45, 2.75) is 13.8 Å².